The van der Waals surface area contributed by atoms with Gasteiger partial charge in [0.25, 0.3) is 0 Å². The first-order valence-corrected chi connectivity index (χ1v) is 18.3. The molecule has 10 aromatic rings. The first-order chi connectivity index (χ1) is 25.6. The molecule has 9 aromatic carbocycles. The molecule has 1 nitrogen and oxygen atoms in total. The Labute approximate surface area is 303 Å². The molecule has 1 aliphatic carbocycles. The summed E-state index contributed by atoms with van der Waals surface area (Å²) in [5, 5.41) is 9.22. The van der Waals surface area contributed by atoms with E-state index in [9.17, 15) is 0 Å². The van der Waals surface area contributed by atoms with Gasteiger partial charge in [-0.1, -0.05) is 166 Å². The molecule has 0 atom stereocenters. The highest BCUT2D eigenvalue weighted by atomic mass is 15.0. The van der Waals surface area contributed by atoms with E-state index in [0.29, 0.717) is 0 Å². The first kappa shape index (κ1) is 29.3. The number of nitrogens with zero attached hydrogens (tertiary/aromatic N) is 1. The van der Waals surface area contributed by atoms with Crippen molar-refractivity contribution >= 4 is 43.2 Å². The summed E-state index contributed by atoms with van der Waals surface area (Å²) in [6.07, 6.45) is 0. The summed E-state index contributed by atoms with van der Waals surface area (Å²) in [7, 11) is 0. The molecule has 1 heteroatoms. The molecule has 0 fully saturated rings. The minimum atomic E-state index is -0.164. The summed E-state index contributed by atoms with van der Waals surface area (Å²) in [4.78, 5) is 0. The van der Waals surface area contributed by atoms with Crippen molar-refractivity contribution in [1.82, 2.24) is 4.57 Å². The van der Waals surface area contributed by atoms with E-state index in [1.54, 1.807) is 0 Å². The predicted molar refractivity (Wildman–Crippen MR) is 221 cm³/mol. The average molecular weight is 662 g/mol. The van der Waals surface area contributed by atoms with Crippen LogP contribution in [0, 0.1) is 0 Å². The van der Waals surface area contributed by atoms with Gasteiger partial charge < -0.3 is 4.57 Å². The molecular weight excluding hydrogens is 627 g/mol. The van der Waals surface area contributed by atoms with E-state index in [0.717, 1.165) is 0 Å². The van der Waals surface area contributed by atoms with Crippen LogP contribution in [0.5, 0.6) is 0 Å². The lowest BCUT2D eigenvalue weighted by Gasteiger charge is -2.21. The second-order valence-electron chi connectivity index (χ2n) is 14.9. The predicted octanol–water partition coefficient (Wildman–Crippen LogP) is 13.8. The Morgan fingerprint density at radius 3 is 1.81 bits per heavy atom. The number of fused-ring (bicyclic) bond motifs is 5. The van der Waals surface area contributed by atoms with Crippen LogP contribution in [0.1, 0.15) is 25.0 Å². The van der Waals surface area contributed by atoms with Crippen LogP contribution in [-0.4, -0.2) is 4.57 Å². The van der Waals surface area contributed by atoms with Crippen molar-refractivity contribution in [1.29, 1.82) is 0 Å². The Balaban J connectivity index is 1.19. The normalized spacial score (nSPS) is 13.3. The standard InChI is InChI=1S/C51H35N/c1-51(2)45-19-10-9-18-42(45)50-49(51)44-30-37(40-26-22-36-21-20-34-16-11-17-35-23-27-41(40)48(36)47(34)35)24-29-46(44)52(50)38-25-28-39(32-12-5-3-6-13-32)43(31-38)33-14-7-4-8-15-33/h3-31H,1-2H3. The Morgan fingerprint density at radius 1 is 0.404 bits per heavy atom. The molecule has 0 amide bonds. The van der Waals surface area contributed by atoms with Crippen molar-refractivity contribution in [2.24, 2.45) is 0 Å². The summed E-state index contributed by atoms with van der Waals surface area (Å²) in [6, 6.07) is 65.3. The number of hydrogen-bond acceptors (Lipinski definition) is 0. The zero-order valence-corrected chi connectivity index (χ0v) is 29.2. The highest BCUT2D eigenvalue weighted by molar-refractivity contribution is 6.25. The molecule has 244 valence electrons. The molecule has 1 heterocycles. The van der Waals surface area contributed by atoms with Gasteiger partial charge in [0.2, 0.25) is 0 Å². The van der Waals surface area contributed by atoms with Gasteiger partial charge in [0.15, 0.2) is 0 Å². The van der Waals surface area contributed by atoms with E-state index in [-0.39, 0.29) is 5.41 Å². The van der Waals surface area contributed by atoms with Crippen LogP contribution in [0.15, 0.2) is 176 Å². The van der Waals surface area contributed by atoms with Crippen LogP contribution in [0.3, 0.4) is 0 Å². The summed E-state index contributed by atoms with van der Waals surface area (Å²) >= 11 is 0. The van der Waals surface area contributed by atoms with Gasteiger partial charge in [-0.15, -0.1) is 0 Å². The van der Waals surface area contributed by atoms with Crippen LogP contribution in [0.4, 0.5) is 0 Å². The number of rotatable bonds is 4. The van der Waals surface area contributed by atoms with Crippen LogP contribution < -0.4 is 0 Å². The topological polar surface area (TPSA) is 4.93 Å². The Kier molecular flexibility index (Phi) is 6.08. The molecule has 0 aliphatic heterocycles. The fraction of sp³-hybridized carbons (Fsp3) is 0.0588. The van der Waals surface area contributed by atoms with Crippen molar-refractivity contribution in [3.8, 4) is 50.3 Å². The van der Waals surface area contributed by atoms with Crippen molar-refractivity contribution < 1.29 is 0 Å². The molecule has 0 saturated carbocycles. The molecule has 0 radical (unpaired) electrons. The molecular formula is C51H35N. The minimum absolute atomic E-state index is 0.164. The molecule has 0 spiro atoms. The van der Waals surface area contributed by atoms with Gasteiger partial charge in [-0.3, -0.25) is 0 Å². The summed E-state index contributed by atoms with van der Waals surface area (Å²) in [5.74, 6) is 0. The van der Waals surface area contributed by atoms with Crippen LogP contribution >= 0.6 is 0 Å². The van der Waals surface area contributed by atoms with Crippen molar-refractivity contribution in [3.63, 3.8) is 0 Å². The van der Waals surface area contributed by atoms with E-state index in [1.807, 2.05) is 0 Å². The SMILES string of the molecule is CC1(C)c2ccccc2-c2c1c1cc(-c3ccc4ccc5cccc6ccc3c4c56)ccc1n2-c1ccc(-c2ccccc2)c(-c2ccccc2)c1. The quantitative estimate of drug-likeness (QED) is 0.165. The zero-order chi connectivity index (χ0) is 34.6. The van der Waals surface area contributed by atoms with E-state index in [2.05, 4.69) is 194 Å². The Hall–Kier alpha value is -6.44. The number of aromatic nitrogens is 1. The third-order valence-electron chi connectivity index (χ3n) is 11.7. The fourth-order valence-corrected chi connectivity index (χ4v) is 9.37. The van der Waals surface area contributed by atoms with Crippen LogP contribution in [-0.2, 0) is 5.41 Å². The third-order valence-corrected chi connectivity index (χ3v) is 11.7. The second kappa shape index (κ2) is 10.8. The first-order valence-electron chi connectivity index (χ1n) is 18.3. The van der Waals surface area contributed by atoms with E-state index < -0.39 is 0 Å². The lowest BCUT2D eigenvalue weighted by molar-refractivity contribution is 0.666. The minimum Gasteiger partial charge on any atom is -0.309 e. The third kappa shape index (κ3) is 4.05. The van der Waals surface area contributed by atoms with Gasteiger partial charge in [0, 0.05) is 22.1 Å². The van der Waals surface area contributed by atoms with Crippen LogP contribution in [0.2, 0.25) is 0 Å². The smallest absolute Gasteiger partial charge is 0.0585 e. The molecule has 0 N–H and O–H groups in total. The maximum Gasteiger partial charge on any atom is 0.0585 e. The van der Waals surface area contributed by atoms with Crippen molar-refractivity contribution in [3.05, 3.63) is 187 Å². The molecule has 0 unspecified atom stereocenters. The van der Waals surface area contributed by atoms with Gasteiger partial charge in [0.1, 0.15) is 0 Å². The summed E-state index contributed by atoms with van der Waals surface area (Å²) < 4.78 is 2.54. The van der Waals surface area contributed by atoms with Crippen molar-refractivity contribution in [2.45, 2.75) is 19.3 Å². The largest absolute Gasteiger partial charge is 0.309 e. The lowest BCUT2D eigenvalue weighted by Crippen LogP contribution is -2.14. The van der Waals surface area contributed by atoms with Crippen molar-refractivity contribution in [2.75, 3.05) is 0 Å². The van der Waals surface area contributed by atoms with Gasteiger partial charge in [0.05, 0.1) is 11.2 Å². The second-order valence-corrected chi connectivity index (χ2v) is 14.9. The molecule has 1 aromatic heterocycles. The molecule has 1 aliphatic rings. The van der Waals surface area contributed by atoms with Gasteiger partial charge in [-0.05, 0) is 101 Å². The lowest BCUT2D eigenvalue weighted by atomic mass is 9.81. The molecule has 11 rings (SSSR count). The highest BCUT2D eigenvalue weighted by Gasteiger charge is 2.40. The average Bonchev–Trinajstić information content (AvgIpc) is 3.67. The monoisotopic (exact) mass is 661 g/mol. The van der Waals surface area contributed by atoms with Gasteiger partial charge in [-0.2, -0.15) is 0 Å². The Bertz CT molecular complexity index is 3000. The molecule has 52 heavy (non-hydrogen) atoms. The zero-order valence-electron chi connectivity index (χ0n) is 29.2. The van der Waals surface area contributed by atoms with Gasteiger partial charge >= 0.3 is 0 Å². The summed E-state index contributed by atoms with van der Waals surface area (Å²) in [6.45, 7) is 4.80. The Morgan fingerprint density at radius 2 is 1.04 bits per heavy atom. The number of hydrogen-bond donors (Lipinski definition) is 0. The maximum atomic E-state index is 2.54. The van der Waals surface area contributed by atoms with Crippen LogP contribution in [0.25, 0.3) is 93.5 Å². The van der Waals surface area contributed by atoms with E-state index in [1.165, 1.54) is 105 Å². The summed E-state index contributed by atoms with van der Waals surface area (Å²) in [5.41, 5.74) is 15.1. The fourth-order valence-electron chi connectivity index (χ4n) is 9.37. The number of benzene rings is 9. The van der Waals surface area contributed by atoms with E-state index in [4.69, 9.17) is 0 Å². The van der Waals surface area contributed by atoms with E-state index >= 15 is 0 Å². The maximum absolute atomic E-state index is 2.54. The molecule has 0 saturated heterocycles. The highest BCUT2D eigenvalue weighted by Crippen LogP contribution is 2.54. The molecule has 0 bridgehead atoms. The van der Waals surface area contributed by atoms with Gasteiger partial charge in [-0.25, -0.2) is 0 Å².